The van der Waals surface area contributed by atoms with Crippen LogP contribution in [0, 0.1) is 6.92 Å². The van der Waals surface area contributed by atoms with E-state index in [0.29, 0.717) is 0 Å². The van der Waals surface area contributed by atoms with Gasteiger partial charge in [0.15, 0.2) is 11.9 Å². The number of nitrogens with zero attached hydrogens (tertiary/aromatic N) is 1. The lowest BCUT2D eigenvalue weighted by Gasteiger charge is -2.11. The van der Waals surface area contributed by atoms with Crippen LogP contribution in [-0.2, 0) is 4.84 Å². The zero-order valence-corrected chi connectivity index (χ0v) is 10.6. The Bertz CT molecular complexity index is 590. The predicted octanol–water partition coefficient (Wildman–Crippen LogP) is 4.11. The monoisotopic (exact) mass is 261 g/mol. The molecule has 0 bridgehead atoms. The van der Waals surface area contributed by atoms with Gasteiger partial charge in [-0.15, -0.1) is 0 Å². The first kappa shape index (κ1) is 11.4. The highest BCUT2D eigenvalue weighted by Gasteiger charge is 2.26. The summed E-state index contributed by atoms with van der Waals surface area (Å²) in [6.45, 7) is 2.02. The first-order chi connectivity index (χ1) is 8.74. The molecule has 0 saturated heterocycles. The van der Waals surface area contributed by atoms with Crippen LogP contribution in [0.2, 0.25) is 5.02 Å². The molecule has 0 saturated carbocycles. The van der Waals surface area contributed by atoms with Gasteiger partial charge < -0.3 is 9.25 Å². The van der Waals surface area contributed by atoms with Gasteiger partial charge in [-0.1, -0.05) is 22.8 Å². The van der Waals surface area contributed by atoms with E-state index in [0.717, 1.165) is 34.0 Å². The van der Waals surface area contributed by atoms with Crippen LogP contribution >= 0.6 is 11.6 Å². The lowest BCUT2D eigenvalue weighted by atomic mass is 9.99. The number of benzene rings is 1. The number of furan rings is 1. The quantitative estimate of drug-likeness (QED) is 0.815. The Morgan fingerprint density at radius 2 is 2.22 bits per heavy atom. The van der Waals surface area contributed by atoms with E-state index in [9.17, 15) is 0 Å². The zero-order chi connectivity index (χ0) is 12.5. The highest BCUT2D eigenvalue weighted by Crippen LogP contribution is 2.32. The van der Waals surface area contributed by atoms with Gasteiger partial charge in [-0.2, -0.15) is 0 Å². The molecular weight excluding hydrogens is 250 g/mol. The second-order valence-corrected chi connectivity index (χ2v) is 4.75. The normalized spacial score (nSPS) is 18.6. The molecule has 0 fully saturated rings. The van der Waals surface area contributed by atoms with Crippen molar-refractivity contribution in [1.82, 2.24) is 0 Å². The minimum absolute atomic E-state index is 0.0534. The van der Waals surface area contributed by atoms with E-state index in [1.807, 2.05) is 37.3 Å². The van der Waals surface area contributed by atoms with E-state index < -0.39 is 0 Å². The Balaban J connectivity index is 1.82. The molecule has 0 aliphatic carbocycles. The van der Waals surface area contributed by atoms with Gasteiger partial charge >= 0.3 is 0 Å². The summed E-state index contributed by atoms with van der Waals surface area (Å²) in [5.74, 6) is 0.768. The lowest BCUT2D eigenvalue weighted by molar-refractivity contribution is 0.0853. The Kier molecular flexibility index (Phi) is 2.84. The maximum Gasteiger partial charge on any atom is 0.158 e. The van der Waals surface area contributed by atoms with Crippen molar-refractivity contribution in [2.24, 2.45) is 5.16 Å². The maximum atomic E-state index is 5.95. The molecule has 2 heterocycles. The summed E-state index contributed by atoms with van der Waals surface area (Å²) in [5, 5.41) is 4.83. The lowest BCUT2D eigenvalue weighted by Crippen LogP contribution is -2.02. The van der Waals surface area contributed by atoms with Gasteiger partial charge in [0.2, 0.25) is 0 Å². The predicted molar refractivity (Wildman–Crippen MR) is 69.9 cm³/mol. The molecule has 1 unspecified atom stereocenters. The van der Waals surface area contributed by atoms with Crippen molar-refractivity contribution in [1.29, 1.82) is 0 Å². The van der Waals surface area contributed by atoms with Gasteiger partial charge in [-0.3, -0.25) is 0 Å². The van der Waals surface area contributed by atoms with Crippen molar-refractivity contribution in [3.63, 3.8) is 0 Å². The van der Waals surface area contributed by atoms with Crippen LogP contribution in [0.15, 0.2) is 46.2 Å². The maximum absolute atomic E-state index is 5.95. The van der Waals surface area contributed by atoms with Gasteiger partial charge in [0, 0.05) is 11.4 Å². The van der Waals surface area contributed by atoms with Gasteiger partial charge in [-0.05, 0) is 42.3 Å². The second kappa shape index (κ2) is 4.50. The van der Waals surface area contributed by atoms with Gasteiger partial charge in [0.05, 0.1) is 6.26 Å². The Morgan fingerprint density at radius 3 is 2.94 bits per heavy atom. The summed E-state index contributed by atoms with van der Waals surface area (Å²) < 4.78 is 5.32. The number of halogens is 1. The van der Waals surface area contributed by atoms with E-state index in [1.165, 1.54) is 0 Å². The average molecular weight is 262 g/mol. The third-order valence-electron chi connectivity index (χ3n) is 3.05. The number of hydrogen-bond acceptors (Lipinski definition) is 3. The van der Waals surface area contributed by atoms with Crippen LogP contribution in [0.3, 0.4) is 0 Å². The Labute approximate surface area is 110 Å². The van der Waals surface area contributed by atoms with Crippen molar-refractivity contribution in [2.45, 2.75) is 19.4 Å². The third kappa shape index (κ3) is 2.02. The molecule has 1 aliphatic rings. The van der Waals surface area contributed by atoms with Crippen molar-refractivity contribution in [2.75, 3.05) is 0 Å². The SMILES string of the molecule is Cc1cc(Cl)ccc1C1CC(c2ccco2)=NO1. The topological polar surface area (TPSA) is 34.7 Å². The number of rotatable bonds is 2. The molecule has 3 nitrogen and oxygen atoms in total. The molecule has 0 amide bonds. The van der Waals surface area contributed by atoms with Crippen molar-refractivity contribution in [3.05, 3.63) is 58.5 Å². The molecule has 0 spiro atoms. The van der Waals surface area contributed by atoms with E-state index >= 15 is 0 Å². The van der Waals surface area contributed by atoms with Crippen LogP contribution in [0.25, 0.3) is 0 Å². The number of aryl methyl sites for hydroxylation is 1. The number of hydrogen-bond donors (Lipinski definition) is 0. The summed E-state index contributed by atoms with van der Waals surface area (Å²) in [4.78, 5) is 5.48. The molecule has 1 atom stereocenters. The summed E-state index contributed by atoms with van der Waals surface area (Å²) in [6, 6.07) is 9.53. The minimum Gasteiger partial charge on any atom is -0.463 e. The van der Waals surface area contributed by atoms with Crippen molar-refractivity contribution < 1.29 is 9.25 Å². The van der Waals surface area contributed by atoms with Crippen LogP contribution < -0.4 is 0 Å². The van der Waals surface area contributed by atoms with E-state index in [1.54, 1.807) is 6.26 Å². The minimum atomic E-state index is -0.0534. The summed E-state index contributed by atoms with van der Waals surface area (Å²) in [7, 11) is 0. The summed E-state index contributed by atoms with van der Waals surface area (Å²) in [5.41, 5.74) is 3.08. The first-order valence-electron chi connectivity index (χ1n) is 5.76. The Morgan fingerprint density at radius 1 is 1.33 bits per heavy atom. The highest BCUT2D eigenvalue weighted by molar-refractivity contribution is 6.30. The van der Waals surface area contributed by atoms with Crippen LogP contribution in [0.4, 0.5) is 0 Å². The molecule has 18 heavy (non-hydrogen) atoms. The van der Waals surface area contributed by atoms with Crippen molar-refractivity contribution >= 4 is 17.3 Å². The molecular formula is C14H12ClNO2. The molecule has 1 aromatic carbocycles. The summed E-state index contributed by atoms with van der Waals surface area (Å²) in [6.07, 6.45) is 2.30. The zero-order valence-electron chi connectivity index (χ0n) is 9.89. The molecule has 1 aromatic heterocycles. The largest absolute Gasteiger partial charge is 0.463 e. The van der Waals surface area contributed by atoms with Crippen LogP contribution in [0.1, 0.15) is 29.4 Å². The molecule has 4 heteroatoms. The first-order valence-corrected chi connectivity index (χ1v) is 6.14. The van der Waals surface area contributed by atoms with Gasteiger partial charge in [-0.25, -0.2) is 0 Å². The molecule has 0 radical (unpaired) electrons. The fourth-order valence-corrected chi connectivity index (χ4v) is 2.36. The average Bonchev–Trinajstić information content (AvgIpc) is 2.99. The van der Waals surface area contributed by atoms with Crippen LogP contribution in [-0.4, -0.2) is 5.71 Å². The van der Waals surface area contributed by atoms with Gasteiger partial charge in [0.25, 0.3) is 0 Å². The van der Waals surface area contributed by atoms with Crippen molar-refractivity contribution in [3.8, 4) is 0 Å². The fourth-order valence-electron chi connectivity index (χ4n) is 2.13. The molecule has 1 aliphatic heterocycles. The van der Waals surface area contributed by atoms with Gasteiger partial charge in [0.1, 0.15) is 5.71 Å². The second-order valence-electron chi connectivity index (χ2n) is 4.31. The smallest absolute Gasteiger partial charge is 0.158 e. The number of oxime groups is 1. The molecule has 92 valence electrons. The molecule has 0 N–H and O–H groups in total. The molecule has 2 aromatic rings. The third-order valence-corrected chi connectivity index (χ3v) is 3.29. The summed E-state index contributed by atoms with van der Waals surface area (Å²) >= 11 is 5.95. The van der Waals surface area contributed by atoms with E-state index in [-0.39, 0.29) is 6.10 Å². The van der Waals surface area contributed by atoms with E-state index in [4.69, 9.17) is 20.9 Å². The Hall–Kier alpha value is -1.74. The highest BCUT2D eigenvalue weighted by atomic mass is 35.5. The fraction of sp³-hybridized carbons (Fsp3) is 0.214. The van der Waals surface area contributed by atoms with E-state index in [2.05, 4.69) is 5.16 Å². The molecule has 3 rings (SSSR count). The van der Waals surface area contributed by atoms with Crippen LogP contribution in [0.5, 0.6) is 0 Å². The standard InChI is InChI=1S/C14H12ClNO2/c1-9-7-10(15)4-5-11(9)14-8-12(16-18-14)13-3-2-6-17-13/h2-7,14H,8H2,1H3.